The summed E-state index contributed by atoms with van der Waals surface area (Å²) >= 11 is 0.548. The minimum Gasteiger partial charge on any atom is -0.192 e. The van der Waals surface area contributed by atoms with Crippen molar-refractivity contribution in [2.45, 2.75) is 5.75 Å². The molecule has 0 unspecified atom stereocenters. The minimum atomic E-state index is 0.371. The first-order chi connectivity index (χ1) is 11.3. The quantitative estimate of drug-likeness (QED) is 0.647. The summed E-state index contributed by atoms with van der Waals surface area (Å²) in [7, 11) is 0. The highest BCUT2D eigenvalue weighted by atomic mass is 32.1. The summed E-state index contributed by atoms with van der Waals surface area (Å²) in [6.45, 7) is 0. The molecule has 110 valence electrons. The van der Waals surface area contributed by atoms with E-state index < -0.39 is 0 Å². The van der Waals surface area contributed by atoms with E-state index in [1.807, 2.05) is 66.7 Å². The molecule has 23 heavy (non-hydrogen) atoms. The Balaban J connectivity index is 2.38. The summed E-state index contributed by atoms with van der Waals surface area (Å²) < 4.78 is 11.1. The van der Waals surface area contributed by atoms with Crippen molar-refractivity contribution in [3.05, 3.63) is 83.9 Å². The standard InChI is InChI=1S/C20H14NOS/c21-13-17-11-12-18(14-23-22)20(16-9-5-2-6-10-16)19(17)15-7-3-1-4-8-15/h1-12H,14H2/q+1. The van der Waals surface area contributed by atoms with E-state index >= 15 is 0 Å². The van der Waals surface area contributed by atoms with Gasteiger partial charge in [-0.3, -0.25) is 0 Å². The topological polar surface area (TPSA) is 40.9 Å². The zero-order valence-corrected chi connectivity index (χ0v) is 13.2. The van der Waals surface area contributed by atoms with Crippen molar-refractivity contribution in [2.75, 3.05) is 0 Å². The Hall–Kier alpha value is -2.83. The molecule has 0 saturated carbocycles. The smallest absolute Gasteiger partial charge is 0.192 e. The largest absolute Gasteiger partial charge is 0.463 e. The van der Waals surface area contributed by atoms with Crippen molar-refractivity contribution in [3.8, 4) is 28.3 Å². The SMILES string of the molecule is N#Cc1ccc(C[S+]=O)c(-c2ccccc2)c1-c1ccccc1. The molecule has 0 N–H and O–H groups in total. The van der Waals surface area contributed by atoms with Crippen LogP contribution in [0, 0.1) is 11.3 Å². The van der Waals surface area contributed by atoms with Gasteiger partial charge in [-0.2, -0.15) is 5.26 Å². The normalized spacial score (nSPS) is 10.0. The number of nitriles is 1. The van der Waals surface area contributed by atoms with Crippen molar-refractivity contribution in [1.82, 2.24) is 0 Å². The van der Waals surface area contributed by atoms with Gasteiger partial charge in [0, 0.05) is 15.3 Å². The second-order valence-electron chi connectivity index (χ2n) is 5.13. The lowest BCUT2D eigenvalue weighted by Crippen LogP contribution is -1.96. The second kappa shape index (κ2) is 6.95. The van der Waals surface area contributed by atoms with Crippen molar-refractivity contribution in [1.29, 1.82) is 5.26 Å². The van der Waals surface area contributed by atoms with Crippen LogP contribution < -0.4 is 0 Å². The first-order valence-electron chi connectivity index (χ1n) is 7.26. The first-order valence-corrected chi connectivity index (χ1v) is 8.18. The van der Waals surface area contributed by atoms with E-state index in [0.29, 0.717) is 23.0 Å². The van der Waals surface area contributed by atoms with Gasteiger partial charge in [0.15, 0.2) is 0 Å². The highest BCUT2D eigenvalue weighted by Gasteiger charge is 2.19. The van der Waals surface area contributed by atoms with Gasteiger partial charge in [-0.1, -0.05) is 66.7 Å². The first kappa shape index (κ1) is 15.1. The van der Waals surface area contributed by atoms with Crippen LogP contribution in [-0.2, 0) is 21.6 Å². The summed E-state index contributed by atoms with van der Waals surface area (Å²) in [5, 5.41) is 9.55. The maximum absolute atomic E-state index is 11.1. The molecule has 0 fully saturated rings. The summed E-state index contributed by atoms with van der Waals surface area (Å²) in [5.41, 5.74) is 5.45. The zero-order valence-electron chi connectivity index (χ0n) is 12.4. The lowest BCUT2D eigenvalue weighted by Gasteiger charge is -2.14. The van der Waals surface area contributed by atoms with Gasteiger partial charge in [0.25, 0.3) is 5.75 Å². The van der Waals surface area contributed by atoms with E-state index in [1.54, 1.807) is 6.07 Å². The van der Waals surface area contributed by atoms with Crippen molar-refractivity contribution in [3.63, 3.8) is 0 Å². The van der Waals surface area contributed by atoms with Crippen LogP contribution in [-0.4, -0.2) is 0 Å². The summed E-state index contributed by atoms with van der Waals surface area (Å²) in [5.74, 6) is 0.371. The third-order valence-electron chi connectivity index (χ3n) is 3.75. The van der Waals surface area contributed by atoms with Crippen molar-refractivity contribution in [2.24, 2.45) is 0 Å². The summed E-state index contributed by atoms with van der Waals surface area (Å²) in [6.07, 6.45) is 0. The van der Waals surface area contributed by atoms with Crippen molar-refractivity contribution < 1.29 is 4.21 Å². The van der Waals surface area contributed by atoms with Gasteiger partial charge in [-0.25, -0.2) is 0 Å². The van der Waals surface area contributed by atoms with Gasteiger partial charge in [0.2, 0.25) is 0 Å². The molecule has 0 spiro atoms. The highest BCUT2D eigenvalue weighted by Crippen LogP contribution is 2.37. The lowest BCUT2D eigenvalue weighted by molar-refractivity contribution is 0.604. The molecule has 0 bridgehead atoms. The average Bonchev–Trinajstić information content (AvgIpc) is 2.63. The fourth-order valence-electron chi connectivity index (χ4n) is 2.76. The molecule has 3 heteroatoms. The molecule has 0 heterocycles. The molecule has 2 nitrogen and oxygen atoms in total. The lowest BCUT2D eigenvalue weighted by atomic mass is 9.88. The Kier molecular flexibility index (Phi) is 4.56. The number of hydrogen-bond donors (Lipinski definition) is 0. The van der Waals surface area contributed by atoms with Gasteiger partial charge >= 0.3 is 11.7 Å². The third-order valence-corrected chi connectivity index (χ3v) is 4.18. The van der Waals surface area contributed by atoms with Crippen LogP contribution in [0.3, 0.4) is 0 Å². The Bertz CT molecular complexity index is 867. The van der Waals surface area contributed by atoms with Crippen LogP contribution in [0.4, 0.5) is 0 Å². The number of rotatable bonds is 4. The molecular formula is C20H14NOS+. The predicted molar refractivity (Wildman–Crippen MR) is 93.8 cm³/mol. The molecule has 3 rings (SSSR count). The third kappa shape index (κ3) is 3.03. The van der Waals surface area contributed by atoms with E-state index in [9.17, 15) is 9.47 Å². The van der Waals surface area contributed by atoms with Gasteiger partial charge in [0.1, 0.15) is 0 Å². The maximum Gasteiger partial charge on any atom is 0.463 e. The Morgan fingerprint density at radius 2 is 1.35 bits per heavy atom. The van der Waals surface area contributed by atoms with E-state index in [1.165, 1.54) is 0 Å². The van der Waals surface area contributed by atoms with E-state index in [-0.39, 0.29) is 0 Å². The van der Waals surface area contributed by atoms with Gasteiger partial charge in [-0.05, 0) is 22.8 Å². The molecule has 0 radical (unpaired) electrons. The molecule has 3 aromatic carbocycles. The fourth-order valence-corrected chi connectivity index (χ4v) is 3.13. The fraction of sp³-hybridized carbons (Fsp3) is 0.0500. The summed E-state index contributed by atoms with van der Waals surface area (Å²) in [6, 6.07) is 25.8. The molecule has 0 atom stereocenters. The van der Waals surface area contributed by atoms with Gasteiger partial charge in [-0.15, -0.1) is 0 Å². The highest BCUT2D eigenvalue weighted by molar-refractivity contribution is 7.64. The second-order valence-corrected chi connectivity index (χ2v) is 5.65. The van der Waals surface area contributed by atoms with Crippen LogP contribution in [0.5, 0.6) is 0 Å². The number of benzene rings is 3. The van der Waals surface area contributed by atoms with Gasteiger partial charge < -0.3 is 0 Å². The van der Waals surface area contributed by atoms with Crippen LogP contribution in [0.15, 0.2) is 72.8 Å². The molecule has 0 amide bonds. The van der Waals surface area contributed by atoms with Crippen molar-refractivity contribution >= 4 is 11.7 Å². The Morgan fingerprint density at radius 3 is 1.87 bits per heavy atom. The summed E-state index contributed by atoms with van der Waals surface area (Å²) in [4.78, 5) is 0. The molecule has 0 aliphatic heterocycles. The zero-order chi connectivity index (χ0) is 16.1. The maximum atomic E-state index is 11.1. The molecule has 0 aliphatic carbocycles. The number of nitrogens with zero attached hydrogens (tertiary/aromatic N) is 1. The van der Waals surface area contributed by atoms with Crippen LogP contribution in [0.1, 0.15) is 11.1 Å². The molecule has 0 saturated heterocycles. The van der Waals surface area contributed by atoms with Crippen LogP contribution in [0.25, 0.3) is 22.3 Å². The molecule has 0 aromatic heterocycles. The average molecular weight is 316 g/mol. The Labute approximate surface area is 139 Å². The van der Waals surface area contributed by atoms with E-state index in [2.05, 4.69) is 6.07 Å². The monoisotopic (exact) mass is 316 g/mol. The molecule has 3 aromatic rings. The van der Waals surface area contributed by atoms with E-state index in [4.69, 9.17) is 0 Å². The van der Waals surface area contributed by atoms with E-state index in [0.717, 1.165) is 27.8 Å². The minimum absolute atomic E-state index is 0.371. The van der Waals surface area contributed by atoms with Crippen LogP contribution >= 0.6 is 0 Å². The number of hydrogen-bond acceptors (Lipinski definition) is 2. The molecular weight excluding hydrogens is 302 g/mol. The van der Waals surface area contributed by atoms with Crippen LogP contribution in [0.2, 0.25) is 0 Å². The predicted octanol–water partition coefficient (Wildman–Crippen LogP) is 4.82. The Morgan fingerprint density at radius 1 is 0.783 bits per heavy atom. The molecule has 0 aliphatic rings. The van der Waals surface area contributed by atoms with Gasteiger partial charge in [0.05, 0.1) is 11.6 Å².